The SMILES string of the molecule is Cc1ccc(N)c(=O)n1CC(=O)N1CCC[C@H](C)C1. The van der Waals surface area contributed by atoms with Crippen molar-refractivity contribution in [2.45, 2.75) is 33.2 Å². The molecular formula is C14H21N3O2. The van der Waals surface area contributed by atoms with E-state index in [1.165, 1.54) is 11.0 Å². The Hall–Kier alpha value is -1.78. The molecule has 1 fully saturated rings. The van der Waals surface area contributed by atoms with Crippen molar-refractivity contribution in [2.24, 2.45) is 5.92 Å². The van der Waals surface area contributed by atoms with Crippen LogP contribution in [0.3, 0.4) is 0 Å². The number of carbonyl (C=O) groups excluding carboxylic acids is 1. The van der Waals surface area contributed by atoms with Crippen molar-refractivity contribution in [3.05, 3.63) is 28.2 Å². The summed E-state index contributed by atoms with van der Waals surface area (Å²) in [6, 6.07) is 3.35. The van der Waals surface area contributed by atoms with Gasteiger partial charge in [-0.05, 0) is 37.8 Å². The van der Waals surface area contributed by atoms with Crippen LogP contribution in [0.2, 0.25) is 0 Å². The Kier molecular flexibility index (Phi) is 3.93. The van der Waals surface area contributed by atoms with Gasteiger partial charge in [-0.15, -0.1) is 0 Å². The third kappa shape index (κ3) is 2.97. The third-order valence-electron chi connectivity index (χ3n) is 3.73. The fraction of sp³-hybridized carbons (Fsp3) is 0.571. The topological polar surface area (TPSA) is 68.3 Å². The number of pyridine rings is 1. The minimum absolute atomic E-state index is 0.00218. The first kappa shape index (κ1) is 13.6. The molecular weight excluding hydrogens is 242 g/mol. The van der Waals surface area contributed by atoms with Gasteiger partial charge in [0.15, 0.2) is 0 Å². The number of likely N-dealkylation sites (tertiary alicyclic amines) is 1. The second-order valence-corrected chi connectivity index (χ2v) is 5.41. The number of nitrogens with zero attached hydrogens (tertiary/aromatic N) is 2. The number of nitrogen functional groups attached to an aromatic ring is 1. The van der Waals surface area contributed by atoms with Gasteiger partial charge in [-0.3, -0.25) is 9.59 Å². The fourth-order valence-corrected chi connectivity index (χ4v) is 2.54. The van der Waals surface area contributed by atoms with Gasteiger partial charge in [0, 0.05) is 18.8 Å². The Bertz CT molecular complexity index is 536. The third-order valence-corrected chi connectivity index (χ3v) is 3.73. The highest BCUT2D eigenvalue weighted by Crippen LogP contribution is 2.15. The summed E-state index contributed by atoms with van der Waals surface area (Å²) in [5.74, 6) is 0.540. The molecule has 19 heavy (non-hydrogen) atoms. The highest BCUT2D eigenvalue weighted by Gasteiger charge is 2.21. The van der Waals surface area contributed by atoms with Crippen molar-refractivity contribution in [1.82, 2.24) is 9.47 Å². The standard InChI is InChI=1S/C14H21N3O2/c1-10-4-3-7-16(8-10)13(18)9-17-11(2)5-6-12(15)14(17)19/h5-6,10H,3-4,7-9,15H2,1-2H3/t10-/m0/s1. The first-order chi connectivity index (χ1) is 8.99. The molecule has 5 nitrogen and oxygen atoms in total. The number of nitrogens with two attached hydrogens (primary N) is 1. The molecule has 0 unspecified atom stereocenters. The lowest BCUT2D eigenvalue weighted by atomic mass is 10.0. The maximum atomic E-state index is 12.3. The molecule has 1 atom stereocenters. The molecule has 1 saturated heterocycles. The number of aromatic nitrogens is 1. The summed E-state index contributed by atoms with van der Waals surface area (Å²) in [6.07, 6.45) is 2.21. The largest absolute Gasteiger partial charge is 0.394 e. The summed E-state index contributed by atoms with van der Waals surface area (Å²) < 4.78 is 1.46. The van der Waals surface area contributed by atoms with Gasteiger partial charge < -0.3 is 15.2 Å². The second-order valence-electron chi connectivity index (χ2n) is 5.41. The lowest BCUT2D eigenvalue weighted by molar-refractivity contribution is -0.133. The summed E-state index contributed by atoms with van der Waals surface area (Å²) in [5.41, 5.74) is 6.28. The fourth-order valence-electron chi connectivity index (χ4n) is 2.54. The van der Waals surface area contributed by atoms with Crippen molar-refractivity contribution < 1.29 is 4.79 Å². The summed E-state index contributed by atoms with van der Waals surface area (Å²) in [4.78, 5) is 26.0. The zero-order chi connectivity index (χ0) is 14.0. The molecule has 1 aliphatic heterocycles. The molecule has 104 valence electrons. The zero-order valence-electron chi connectivity index (χ0n) is 11.6. The normalized spacial score (nSPS) is 19.5. The van der Waals surface area contributed by atoms with E-state index < -0.39 is 0 Å². The molecule has 0 radical (unpaired) electrons. The minimum atomic E-state index is -0.279. The number of amides is 1. The molecule has 1 aromatic rings. The lowest BCUT2D eigenvalue weighted by Gasteiger charge is -2.31. The van der Waals surface area contributed by atoms with Gasteiger partial charge in [0.25, 0.3) is 5.56 Å². The first-order valence-electron chi connectivity index (χ1n) is 6.72. The van der Waals surface area contributed by atoms with Gasteiger partial charge in [-0.2, -0.15) is 0 Å². The Labute approximate surface area is 113 Å². The van der Waals surface area contributed by atoms with Crippen LogP contribution in [0.5, 0.6) is 0 Å². The number of rotatable bonds is 2. The summed E-state index contributed by atoms with van der Waals surface area (Å²) in [7, 11) is 0. The molecule has 1 amide bonds. The average Bonchev–Trinajstić information content (AvgIpc) is 2.39. The summed E-state index contributed by atoms with van der Waals surface area (Å²) in [6.45, 7) is 5.63. The Morgan fingerprint density at radius 3 is 2.89 bits per heavy atom. The monoisotopic (exact) mass is 263 g/mol. The van der Waals surface area contributed by atoms with Crippen molar-refractivity contribution in [3.63, 3.8) is 0 Å². The van der Waals surface area contributed by atoms with E-state index in [0.29, 0.717) is 5.92 Å². The van der Waals surface area contributed by atoms with E-state index in [2.05, 4.69) is 6.92 Å². The molecule has 2 heterocycles. The van der Waals surface area contributed by atoms with E-state index >= 15 is 0 Å². The van der Waals surface area contributed by atoms with Crippen LogP contribution in [0.25, 0.3) is 0 Å². The van der Waals surface area contributed by atoms with E-state index in [-0.39, 0.29) is 23.7 Å². The zero-order valence-corrected chi connectivity index (χ0v) is 11.6. The highest BCUT2D eigenvalue weighted by molar-refractivity contribution is 5.76. The van der Waals surface area contributed by atoms with E-state index in [4.69, 9.17) is 5.73 Å². The van der Waals surface area contributed by atoms with Gasteiger partial charge in [0.2, 0.25) is 5.91 Å². The maximum absolute atomic E-state index is 12.3. The van der Waals surface area contributed by atoms with Crippen LogP contribution in [0, 0.1) is 12.8 Å². The molecule has 1 aromatic heterocycles. The molecule has 2 N–H and O–H groups in total. The molecule has 0 spiro atoms. The van der Waals surface area contributed by atoms with Crippen LogP contribution in [0.1, 0.15) is 25.5 Å². The van der Waals surface area contributed by atoms with Crippen molar-refractivity contribution in [3.8, 4) is 0 Å². The molecule has 0 aromatic carbocycles. The number of carbonyl (C=O) groups is 1. The quantitative estimate of drug-likeness (QED) is 0.865. The van der Waals surface area contributed by atoms with E-state index in [0.717, 1.165) is 25.2 Å². The van der Waals surface area contributed by atoms with Crippen LogP contribution in [-0.4, -0.2) is 28.5 Å². The van der Waals surface area contributed by atoms with Crippen LogP contribution in [-0.2, 0) is 11.3 Å². The van der Waals surface area contributed by atoms with Crippen molar-refractivity contribution >= 4 is 11.6 Å². The molecule has 0 saturated carbocycles. The number of hydrogen-bond acceptors (Lipinski definition) is 3. The lowest BCUT2D eigenvalue weighted by Crippen LogP contribution is -2.42. The predicted octanol–water partition coefficient (Wildman–Crippen LogP) is 0.997. The Morgan fingerprint density at radius 2 is 2.21 bits per heavy atom. The molecule has 0 aliphatic carbocycles. The highest BCUT2D eigenvalue weighted by atomic mass is 16.2. The average molecular weight is 263 g/mol. The van der Waals surface area contributed by atoms with Gasteiger partial charge >= 0.3 is 0 Å². The maximum Gasteiger partial charge on any atom is 0.274 e. The number of hydrogen-bond donors (Lipinski definition) is 1. The van der Waals surface area contributed by atoms with Gasteiger partial charge in [0.1, 0.15) is 6.54 Å². The van der Waals surface area contributed by atoms with Crippen LogP contribution >= 0.6 is 0 Å². The van der Waals surface area contributed by atoms with Gasteiger partial charge in [-0.25, -0.2) is 0 Å². The van der Waals surface area contributed by atoms with Gasteiger partial charge in [-0.1, -0.05) is 6.92 Å². The van der Waals surface area contributed by atoms with E-state index in [1.54, 1.807) is 12.1 Å². The number of piperidine rings is 1. The Balaban J connectivity index is 2.15. The minimum Gasteiger partial charge on any atom is -0.394 e. The molecule has 0 bridgehead atoms. The second kappa shape index (κ2) is 5.47. The smallest absolute Gasteiger partial charge is 0.274 e. The Morgan fingerprint density at radius 1 is 1.47 bits per heavy atom. The van der Waals surface area contributed by atoms with E-state index in [1.807, 2.05) is 11.8 Å². The number of aryl methyl sites for hydroxylation is 1. The summed E-state index contributed by atoms with van der Waals surface area (Å²) in [5, 5.41) is 0. The first-order valence-corrected chi connectivity index (χ1v) is 6.72. The van der Waals surface area contributed by atoms with Crippen LogP contribution in [0.4, 0.5) is 5.69 Å². The van der Waals surface area contributed by atoms with Crippen LogP contribution < -0.4 is 11.3 Å². The molecule has 2 rings (SSSR count). The molecule has 5 heteroatoms. The number of anilines is 1. The van der Waals surface area contributed by atoms with Crippen molar-refractivity contribution in [2.75, 3.05) is 18.8 Å². The predicted molar refractivity (Wildman–Crippen MR) is 74.8 cm³/mol. The van der Waals surface area contributed by atoms with Crippen molar-refractivity contribution in [1.29, 1.82) is 0 Å². The molecule has 1 aliphatic rings. The van der Waals surface area contributed by atoms with Crippen LogP contribution in [0.15, 0.2) is 16.9 Å². The van der Waals surface area contributed by atoms with E-state index in [9.17, 15) is 9.59 Å². The summed E-state index contributed by atoms with van der Waals surface area (Å²) >= 11 is 0. The van der Waals surface area contributed by atoms with Gasteiger partial charge in [0.05, 0.1) is 5.69 Å².